The average Bonchev–Trinajstić information content (AvgIpc) is 2.57. The van der Waals surface area contributed by atoms with E-state index in [0.29, 0.717) is 16.5 Å². The summed E-state index contributed by atoms with van der Waals surface area (Å²) >= 11 is 7.46. The first-order chi connectivity index (χ1) is 11.7. The van der Waals surface area contributed by atoms with E-state index in [4.69, 9.17) is 16.3 Å². The van der Waals surface area contributed by atoms with Gasteiger partial charge in [0, 0.05) is 14.8 Å². The first kappa shape index (κ1) is 16.4. The van der Waals surface area contributed by atoms with E-state index in [-0.39, 0.29) is 0 Å². The van der Waals surface area contributed by atoms with E-state index >= 15 is 0 Å². The van der Waals surface area contributed by atoms with Crippen molar-refractivity contribution in [2.45, 2.75) is 9.79 Å². The van der Waals surface area contributed by atoms with Gasteiger partial charge in [0.15, 0.2) is 0 Å². The molecule has 1 amide bonds. The van der Waals surface area contributed by atoms with Gasteiger partial charge in [-0.05, 0) is 42.5 Å². The number of para-hydroxylation sites is 1. The number of carbonyl (C=O) groups excluding carboxylic acids is 1. The molecule has 0 aliphatic rings. The summed E-state index contributed by atoms with van der Waals surface area (Å²) in [7, 11) is 0. The third-order valence-electron chi connectivity index (χ3n) is 3.10. The molecule has 0 spiro atoms. The Kier molecular flexibility index (Phi) is 5.41. The number of halogens is 1. The van der Waals surface area contributed by atoms with Crippen LogP contribution in [0.5, 0.6) is 5.75 Å². The summed E-state index contributed by atoms with van der Waals surface area (Å²) in [5, 5.41) is 3.29. The molecule has 1 N–H and O–H groups in total. The van der Waals surface area contributed by atoms with Crippen molar-refractivity contribution in [1.29, 1.82) is 0 Å². The number of hydrogen-bond donors (Lipinski definition) is 1. The second-order valence-electron chi connectivity index (χ2n) is 4.88. The van der Waals surface area contributed by atoms with Gasteiger partial charge >= 0.3 is 6.09 Å². The van der Waals surface area contributed by atoms with Crippen LogP contribution in [0.15, 0.2) is 88.7 Å². The van der Waals surface area contributed by atoms with Crippen LogP contribution in [0.4, 0.5) is 10.5 Å². The molecule has 0 aliphatic carbocycles. The molecule has 120 valence electrons. The Balaban J connectivity index is 1.72. The third-order valence-corrected chi connectivity index (χ3v) is 4.42. The molecule has 0 bridgehead atoms. The molecule has 0 saturated heterocycles. The number of rotatable bonds is 4. The van der Waals surface area contributed by atoms with Gasteiger partial charge in [0.25, 0.3) is 0 Å². The number of anilines is 1. The number of benzene rings is 3. The van der Waals surface area contributed by atoms with Gasteiger partial charge in [0.2, 0.25) is 0 Å². The van der Waals surface area contributed by atoms with Crippen molar-refractivity contribution in [1.82, 2.24) is 0 Å². The smallest absolute Gasteiger partial charge is 0.410 e. The Morgan fingerprint density at radius 2 is 1.67 bits per heavy atom. The largest absolute Gasteiger partial charge is 0.417 e. The monoisotopic (exact) mass is 355 g/mol. The fraction of sp³-hybridized carbons (Fsp3) is 0. The van der Waals surface area contributed by atoms with Gasteiger partial charge in [-0.15, -0.1) is 0 Å². The summed E-state index contributed by atoms with van der Waals surface area (Å²) < 4.78 is 5.26. The number of ether oxygens (including phenoxy) is 1. The summed E-state index contributed by atoms with van der Waals surface area (Å²) in [4.78, 5) is 14.1. The van der Waals surface area contributed by atoms with Gasteiger partial charge in [-0.3, -0.25) is 5.32 Å². The van der Waals surface area contributed by atoms with Crippen molar-refractivity contribution >= 4 is 35.1 Å². The van der Waals surface area contributed by atoms with Crippen LogP contribution in [0.3, 0.4) is 0 Å². The Morgan fingerprint density at radius 1 is 0.917 bits per heavy atom. The van der Waals surface area contributed by atoms with Gasteiger partial charge in [0.05, 0.1) is 5.69 Å². The van der Waals surface area contributed by atoms with E-state index in [1.165, 1.54) is 0 Å². The van der Waals surface area contributed by atoms with E-state index in [1.807, 2.05) is 54.6 Å². The maximum absolute atomic E-state index is 12.1. The minimum Gasteiger partial charge on any atom is -0.410 e. The van der Waals surface area contributed by atoms with E-state index in [1.54, 1.807) is 36.0 Å². The summed E-state index contributed by atoms with van der Waals surface area (Å²) in [6.07, 6.45) is -0.557. The standard InChI is InChI=1S/C19H14ClNO2S/c20-14-7-6-8-15(13-14)23-19(22)21-17-11-4-5-12-18(17)24-16-9-2-1-3-10-16/h1-13H,(H,21,22). The molecule has 0 heterocycles. The zero-order valence-corrected chi connectivity index (χ0v) is 14.2. The fourth-order valence-corrected chi connectivity index (χ4v) is 3.15. The predicted molar refractivity (Wildman–Crippen MR) is 98.1 cm³/mol. The molecule has 0 radical (unpaired) electrons. The zero-order valence-electron chi connectivity index (χ0n) is 12.6. The van der Waals surface area contributed by atoms with Crippen molar-refractivity contribution in [2.24, 2.45) is 0 Å². The Hall–Kier alpha value is -2.43. The first-order valence-corrected chi connectivity index (χ1v) is 8.46. The minimum atomic E-state index is -0.557. The van der Waals surface area contributed by atoms with E-state index in [2.05, 4.69) is 5.32 Å². The maximum Gasteiger partial charge on any atom is 0.417 e. The van der Waals surface area contributed by atoms with Gasteiger partial charge < -0.3 is 4.74 Å². The number of hydrogen-bond acceptors (Lipinski definition) is 3. The molecule has 0 unspecified atom stereocenters. The van der Waals surface area contributed by atoms with Gasteiger partial charge in [0.1, 0.15) is 5.75 Å². The van der Waals surface area contributed by atoms with Crippen LogP contribution in [0, 0.1) is 0 Å². The van der Waals surface area contributed by atoms with Crippen molar-refractivity contribution in [3.8, 4) is 5.75 Å². The highest BCUT2D eigenvalue weighted by molar-refractivity contribution is 7.99. The first-order valence-electron chi connectivity index (χ1n) is 7.27. The van der Waals surface area contributed by atoms with Crippen LogP contribution in [0.2, 0.25) is 5.02 Å². The minimum absolute atomic E-state index is 0.396. The quantitative estimate of drug-likeness (QED) is 0.614. The number of carbonyl (C=O) groups is 1. The molecule has 3 rings (SSSR count). The highest BCUT2D eigenvalue weighted by Gasteiger charge is 2.10. The average molecular weight is 356 g/mol. The maximum atomic E-state index is 12.1. The third kappa shape index (κ3) is 4.54. The molecular weight excluding hydrogens is 342 g/mol. The topological polar surface area (TPSA) is 38.3 Å². The van der Waals surface area contributed by atoms with E-state index in [9.17, 15) is 4.79 Å². The molecule has 5 heteroatoms. The van der Waals surface area contributed by atoms with Gasteiger partial charge in [-0.2, -0.15) is 0 Å². The Labute approximate surface area is 149 Å². The van der Waals surface area contributed by atoms with Crippen LogP contribution in [0.1, 0.15) is 0 Å². The molecule has 0 aliphatic heterocycles. The van der Waals surface area contributed by atoms with Crippen molar-refractivity contribution in [3.05, 3.63) is 83.9 Å². The molecule has 0 saturated carbocycles. The lowest BCUT2D eigenvalue weighted by Crippen LogP contribution is -2.17. The summed E-state index contributed by atoms with van der Waals surface area (Å²) in [6, 6.07) is 24.3. The zero-order chi connectivity index (χ0) is 16.8. The normalized spacial score (nSPS) is 10.2. The lowest BCUT2D eigenvalue weighted by Gasteiger charge is -2.11. The predicted octanol–water partition coefficient (Wildman–Crippen LogP) is 6.10. The molecule has 3 nitrogen and oxygen atoms in total. The molecule has 3 aromatic rings. The van der Waals surface area contributed by atoms with Gasteiger partial charge in [-0.1, -0.05) is 59.8 Å². The van der Waals surface area contributed by atoms with Crippen LogP contribution in [-0.4, -0.2) is 6.09 Å². The number of amides is 1. The number of nitrogens with one attached hydrogen (secondary N) is 1. The van der Waals surface area contributed by atoms with Crippen LogP contribution >= 0.6 is 23.4 Å². The van der Waals surface area contributed by atoms with Crippen molar-refractivity contribution in [3.63, 3.8) is 0 Å². The lowest BCUT2D eigenvalue weighted by molar-refractivity contribution is 0.215. The van der Waals surface area contributed by atoms with Crippen molar-refractivity contribution < 1.29 is 9.53 Å². The van der Waals surface area contributed by atoms with E-state index in [0.717, 1.165) is 9.79 Å². The highest BCUT2D eigenvalue weighted by atomic mass is 35.5. The van der Waals surface area contributed by atoms with Crippen LogP contribution in [0.25, 0.3) is 0 Å². The Morgan fingerprint density at radius 3 is 2.46 bits per heavy atom. The SMILES string of the molecule is O=C(Nc1ccccc1Sc1ccccc1)Oc1cccc(Cl)c1. The lowest BCUT2D eigenvalue weighted by atomic mass is 10.3. The highest BCUT2D eigenvalue weighted by Crippen LogP contribution is 2.33. The van der Waals surface area contributed by atoms with Crippen molar-refractivity contribution in [2.75, 3.05) is 5.32 Å². The fourth-order valence-electron chi connectivity index (χ4n) is 2.05. The van der Waals surface area contributed by atoms with Gasteiger partial charge in [-0.25, -0.2) is 4.79 Å². The summed E-state index contributed by atoms with van der Waals surface area (Å²) in [5.41, 5.74) is 0.693. The summed E-state index contributed by atoms with van der Waals surface area (Å²) in [5.74, 6) is 0.396. The second-order valence-corrected chi connectivity index (χ2v) is 6.43. The van der Waals surface area contributed by atoms with Crippen LogP contribution in [-0.2, 0) is 0 Å². The summed E-state index contributed by atoms with van der Waals surface area (Å²) in [6.45, 7) is 0. The molecule has 0 fully saturated rings. The van der Waals surface area contributed by atoms with Crippen LogP contribution < -0.4 is 10.1 Å². The molecule has 0 atom stereocenters. The Bertz CT molecular complexity index is 840. The second kappa shape index (κ2) is 7.90. The molecule has 0 aromatic heterocycles. The molecule has 3 aromatic carbocycles. The van der Waals surface area contributed by atoms with E-state index < -0.39 is 6.09 Å². The molecular formula is C19H14ClNO2S. The molecule has 24 heavy (non-hydrogen) atoms.